The second-order valence-electron chi connectivity index (χ2n) is 5.54. The molecule has 0 unspecified atom stereocenters. The van der Waals surface area contributed by atoms with Crippen LogP contribution in [0.3, 0.4) is 0 Å². The van der Waals surface area contributed by atoms with Gasteiger partial charge in [-0.15, -0.1) is 0 Å². The molecule has 3 nitrogen and oxygen atoms in total. The lowest BCUT2D eigenvalue weighted by Gasteiger charge is -2.28. The summed E-state index contributed by atoms with van der Waals surface area (Å²) < 4.78 is 17.6. The molecule has 0 atom stereocenters. The van der Waals surface area contributed by atoms with Gasteiger partial charge in [-0.2, -0.15) is 0 Å². The number of hydrogen-bond acceptors (Lipinski definition) is 3. The predicted molar refractivity (Wildman–Crippen MR) is 80.2 cm³/mol. The molecule has 0 amide bonds. The van der Waals surface area contributed by atoms with E-state index in [0.717, 1.165) is 24.2 Å². The molecule has 3 heteroatoms. The highest BCUT2D eigenvalue weighted by atomic mass is 16.7. The van der Waals surface area contributed by atoms with E-state index in [1.165, 1.54) is 5.56 Å². The van der Waals surface area contributed by atoms with Gasteiger partial charge in [0.2, 0.25) is 0 Å². The molecule has 20 heavy (non-hydrogen) atoms. The van der Waals surface area contributed by atoms with Crippen molar-refractivity contribution in [3.05, 3.63) is 29.3 Å². The van der Waals surface area contributed by atoms with Crippen LogP contribution in [-0.2, 0) is 15.3 Å². The maximum Gasteiger partial charge on any atom is 0.194 e. The molecular weight excluding hydrogens is 252 g/mol. The van der Waals surface area contributed by atoms with Crippen LogP contribution in [0.2, 0.25) is 0 Å². The normalized spacial score (nSPS) is 17.6. The van der Waals surface area contributed by atoms with Crippen LogP contribution in [0.25, 0.3) is 0 Å². The summed E-state index contributed by atoms with van der Waals surface area (Å²) in [7, 11) is 0. The van der Waals surface area contributed by atoms with Gasteiger partial charge in [0.05, 0.1) is 19.8 Å². The Morgan fingerprint density at radius 3 is 2.45 bits per heavy atom. The van der Waals surface area contributed by atoms with Gasteiger partial charge in [0.1, 0.15) is 5.75 Å². The zero-order valence-corrected chi connectivity index (χ0v) is 13.1. The fourth-order valence-electron chi connectivity index (χ4n) is 2.76. The van der Waals surface area contributed by atoms with Crippen LogP contribution in [0.4, 0.5) is 0 Å². The van der Waals surface area contributed by atoms with Crippen molar-refractivity contribution >= 4 is 0 Å². The summed E-state index contributed by atoms with van der Waals surface area (Å²) in [6, 6.07) is 6.32. The summed E-state index contributed by atoms with van der Waals surface area (Å²) in [4.78, 5) is 0. The van der Waals surface area contributed by atoms with Crippen LogP contribution in [0.5, 0.6) is 5.75 Å². The van der Waals surface area contributed by atoms with Crippen molar-refractivity contribution < 1.29 is 14.2 Å². The van der Waals surface area contributed by atoms with E-state index in [0.29, 0.717) is 25.7 Å². The Hall–Kier alpha value is -1.06. The third-order valence-electron chi connectivity index (χ3n) is 3.70. The van der Waals surface area contributed by atoms with Gasteiger partial charge >= 0.3 is 0 Å². The minimum atomic E-state index is -0.552. The Labute approximate surface area is 122 Å². The first-order valence-electron chi connectivity index (χ1n) is 7.68. The Morgan fingerprint density at radius 2 is 1.90 bits per heavy atom. The van der Waals surface area contributed by atoms with Gasteiger partial charge < -0.3 is 14.2 Å². The van der Waals surface area contributed by atoms with E-state index >= 15 is 0 Å². The maximum atomic E-state index is 5.94. The van der Waals surface area contributed by atoms with Crippen LogP contribution in [0.15, 0.2) is 18.2 Å². The van der Waals surface area contributed by atoms with E-state index in [-0.39, 0.29) is 0 Å². The minimum absolute atomic E-state index is 0.413. The van der Waals surface area contributed by atoms with Crippen molar-refractivity contribution in [2.24, 2.45) is 0 Å². The summed E-state index contributed by atoms with van der Waals surface area (Å²) in [6.07, 6.45) is 1.92. The van der Waals surface area contributed by atoms with E-state index < -0.39 is 5.79 Å². The summed E-state index contributed by atoms with van der Waals surface area (Å²) in [6.45, 7) is 10.6. The Morgan fingerprint density at radius 1 is 1.20 bits per heavy atom. The van der Waals surface area contributed by atoms with Gasteiger partial charge in [0, 0.05) is 12.0 Å². The summed E-state index contributed by atoms with van der Waals surface area (Å²) in [5.74, 6) is 0.829. The molecule has 0 N–H and O–H groups in total. The lowest BCUT2D eigenvalue weighted by atomic mass is 9.94. The first-order chi connectivity index (χ1) is 9.63. The summed E-state index contributed by atoms with van der Waals surface area (Å²) >= 11 is 0. The molecule has 1 saturated heterocycles. The van der Waals surface area contributed by atoms with E-state index in [1.807, 2.05) is 6.92 Å². The average molecular weight is 278 g/mol. The topological polar surface area (TPSA) is 27.7 Å². The van der Waals surface area contributed by atoms with Gasteiger partial charge in [-0.05, 0) is 36.6 Å². The van der Waals surface area contributed by atoms with Crippen molar-refractivity contribution in [1.82, 2.24) is 0 Å². The third kappa shape index (κ3) is 2.99. The molecule has 0 bridgehead atoms. The second kappa shape index (κ2) is 6.59. The van der Waals surface area contributed by atoms with Gasteiger partial charge in [-0.1, -0.05) is 27.2 Å². The second-order valence-corrected chi connectivity index (χ2v) is 5.54. The minimum Gasteiger partial charge on any atom is -0.494 e. The molecule has 1 aromatic carbocycles. The zero-order chi connectivity index (χ0) is 14.6. The predicted octanol–water partition coefficient (Wildman–Crippen LogP) is 4.21. The third-order valence-corrected chi connectivity index (χ3v) is 3.70. The first-order valence-corrected chi connectivity index (χ1v) is 7.68. The molecule has 1 fully saturated rings. The van der Waals surface area contributed by atoms with Crippen molar-refractivity contribution in [1.29, 1.82) is 0 Å². The van der Waals surface area contributed by atoms with Gasteiger partial charge in [0.25, 0.3) is 0 Å². The Bertz CT molecular complexity index is 434. The standard InChI is InChI=1S/C17H26O3/c1-5-9-17(19-10-11-20-17)14-7-8-16(18-6-2)15(12-14)13(3)4/h7-8,12-13H,5-6,9-11H2,1-4H3. The lowest BCUT2D eigenvalue weighted by Crippen LogP contribution is -2.27. The molecule has 1 heterocycles. The fourth-order valence-corrected chi connectivity index (χ4v) is 2.76. The number of benzene rings is 1. The van der Waals surface area contributed by atoms with Crippen molar-refractivity contribution in [2.75, 3.05) is 19.8 Å². The van der Waals surface area contributed by atoms with Crippen LogP contribution in [0, 0.1) is 0 Å². The van der Waals surface area contributed by atoms with Crippen molar-refractivity contribution in [3.8, 4) is 5.75 Å². The molecule has 112 valence electrons. The highest BCUT2D eigenvalue weighted by molar-refractivity contribution is 5.41. The monoisotopic (exact) mass is 278 g/mol. The van der Waals surface area contributed by atoms with Crippen LogP contribution in [-0.4, -0.2) is 19.8 Å². The first kappa shape index (κ1) is 15.3. The van der Waals surface area contributed by atoms with E-state index in [4.69, 9.17) is 14.2 Å². The van der Waals surface area contributed by atoms with Crippen molar-refractivity contribution in [3.63, 3.8) is 0 Å². The van der Waals surface area contributed by atoms with E-state index in [1.54, 1.807) is 0 Å². The Balaban J connectivity index is 2.38. The SMILES string of the molecule is CCCC1(c2ccc(OCC)c(C(C)C)c2)OCCO1. The number of hydrogen-bond donors (Lipinski definition) is 0. The Kier molecular flexibility index (Phi) is 5.06. The fraction of sp³-hybridized carbons (Fsp3) is 0.647. The molecule has 0 aromatic heterocycles. The molecule has 1 aliphatic heterocycles. The number of rotatable bonds is 6. The molecule has 0 aliphatic carbocycles. The smallest absolute Gasteiger partial charge is 0.194 e. The lowest BCUT2D eigenvalue weighted by molar-refractivity contribution is -0.171. The quantitative estimate of drug-likeness (QED) is 0.780. The number of ether oxygens (including phenoxy) is 3. The molecule has 0 spiro atoms. The van der Waals surface area contributed by atoms with Crippen molar-refractivity contribution in [2.45, 2.75) is 52.2 Å². The largest absolute Gasteiger partial charge is 0.494 e. The van der Waals surface area contributed by atoms with Gasteiger partial charge in [-0.3, -0.25) is 0 Å². The van der Waals surface area contributed by atoms with E-state index in [9.17, 15) is 0 Å². The van der Waals surface area contributed by atoms with Crippen LogP contribution < -0.4 is 4.74 Å². The zero-order valence-electron chi connectivity index (χ0n) is 13.1. The van der Waals surface area contributed by atoms with Gasteiger partial charge in [-0.25, -0.2) is 0 Å². The molecule has 0 radical (unpaired) electrons. The summed E-state index contributed by atoms with van der Waals surface area (Å²) in [5.41, 5.74) is 2.34. The van der Waals surface area contributed by atoms with Crippen LogP contribution in [0.1, 0.15) is 57.6 Å². The maximum absolute atomic E-state index is 5.94. The highest BCUT2D eigenvalue weighted by Gasteiger charge is 2.38. The average Bonchev–Trinajstić information content (AvgIpc) is 2.89. The molecule has 1 aromatic rings. The van der Waals surface area contributed by atoms with Gasteiger partial charge in [0.15, 0.2) is 5.79 Å². The molecule has 2 rings (SSSR count). The molecule has 0 saturated carbocycles. The molecule has 1 aliphatic rings. The molecular formula is C17H26O3. The van der Waals surface area contributed by atoms with E-state index in [2.05, 4.69) is 39.0 Å². The highest BCUT2D eigenvalue weighted by Crippen LogP contribution is 2.39. The van der Waals surface area contributed by atoms with Crippen LogP contribution >= 0.6 is 0 Å². The summed E-state index contributed by atoms with van der Waals surface area (Å²) in [5, 5.41) is 0.